The zero-order valence-corrected chi connectivity index (χ0v) is 11.5. The number of carboxylic acids is 1. The fraction of sp³-hybridized carbons (Fsp3) is 0.533. The van der Waals surface area contributed by atoms with Crippen LogP contribution in [-0.2, 0) is 4.79 Å². The molecule has 0 aromatic heterocycles. The summed E-state index contributed by atoms with van der Waals surface area (Å²) in [6.07, 6.45) is 1.83. The van der Waals surface area contributed by atoms with Gasteiger partial charge in [-0.25, -0.2) is 0 Å². The molecule has 1 aliphatic heterocycles. The second kappa shape index (κ2) is 6.72. The number of rotatable bonds is 5. The van der Waals surface area contributed by atoms with Crippen LogP contribution in [0.4, 0.5) is 5.69 Å². The van der Waals surface area contributed by atoms with Crippen molar-refractivity contribution in [1.82, 2.24) is 0 Å². The summed E-state index contributed by atoms with van der Waals surface area (Å²) >= 11 is 0. The second-order valence-corrected chi connectivity index (χ2v) is 5.32. The fourth-order valence-electron chi connectivity index (χ4n) is 2.63. The molecular formula is C15H22N2O3. The molecule has 2 rings (SSSR count). The maximum absolute atomic E-state index is 10.7. The second-order valence-electron chi connectivity index (χ2n) is 5.32. The van der Waals surface area contributed by atoms with Gasteiger partial charge in [-0.1, -0.05) is 18.2 Å². The van der Waals surface area contributed by atoms with E-state index in [2.05, 4.69) is 4.90 Å². The quantitative estimate of drug-likeness (QED) is 0.760. The van der Waals surface area contributed by atoms with Crippen LogP contribution < -0.4 is 10.6 Å². The Morgan fingerprint density at radius 3 is 2.65 bits per heavy atom. The minimum Gasteiger partial charge on any atom is -0.481 e. The Morgan fingerprint density at radius 1 is 1.35 bits per heavy atom. The summed E-state index contributed by atoms with van der Waals surface area (Å²) in [5.41, 5.74) is 8.20. The number of anilines is 1. The predicted molar refractivity (Wildman–Crippen MR) is 77.7 cm³/mol. The normalized spacial score (nSPS) is 18.0. The lowest BCUT2D eigenvalue weighted by Gasteiger charge is -2.33. The van der Waals surface area contributed by atoms with E-state index in [1.807, 2.05) is 24.3 Å². The van der Waals surface area contributed by atoms with Gasteiger partial charge in [-0.3, -0.25) is 4.79 Å². The average Bonchev–Trinajstić information content (AvgIpc) is 2.45. The lowest BCUT2D eigenvalue weighted by molar-refractivity contribution is -0.137. The van der Waals surface area contributed by atoms with Crippen molar-refractivity contribution in [1.29, 1.82) is 0 Å². The topological polar surface area (TPSA) is 86.8 Å². The first kappa shape index (κ1) is 14.8. The standard InChI is InChI=1S/C15H22N2O3/c16-13(5-6-15(19)20)12-3-1-2-4-14(12)17-9-7-11(18)8-10-17/h1-4,11,13,18H,5-10,16H2,(H,19,20)/t13-/m1/s1. The Balaban J connectivity index is 2.11. The maximum Gasteiger partial charge on any atom is 0.303 e. The Bertz CT molecular complexity index is 456. The highest BCUT2D eigenvalue weighted by molar-refractivity contribution is 5.67. The molecule has 0 aliphatic carbocycles. The van der Waals surface area contributed by atoms with Gasteiger partial charge in [-0.05, 0) is 30.9 Å². The van der Waals surface area contributed by atoms with Gasteiger partial charge in [0.15, 0.2) is 0 Å². The average molecular weight is 278 g/mol. The largest absolute Gasteiger partial charge is 0.481 e. The molecule has 5 heteroatoms. The summed E-state index contributed by atoms with van der Waals surface area (Å²) in [7, 11) is 0. The van der Waals surface area contributed by atoms with Crippen LogP contribution in [0.15, 0.2) is 24.3 Å². The number of aliphatic hydroxyl groups excluding tert-OH is 1. The number of benzene rings is 1. The molecular weight excluding hydrogens is 256 g/mol. The zero-order chi connectivity index (χ0) is 14.5. The summed E-state index contributed by atoms with van der Waals surface area (Å²) in [6, 6.07) is 7.61. The molecule has 1 aliphatic rings. The summed E-state index contributed by atoms with van der Waals surface area (Å²) in [5.74, 6) is -0.820. The molecule has 1 saturated heterocycles. The third kappa shape index (κ3) is 3.71. The Labute approximate surface area is 119 Å². The molecule has 0 bridgehead atoms. The molecule has 20 heavy (non-hydrogen) atoms. The number of hydrogen-bond acceptors (Lipinski definition) is 4. The summed E-state index contributed by atoms with van der Waals surface area (Å²) < 4.78 is 0. The Kier molecular flexibility index (Phi) is 4.98. The molecule has 5 nitrogen and oxygen atoms in total. The Morgan fingerprint density at radius 2 is 2.00 bits per heavy atom. The highest BCUT2D eigenvalue weighted by Gasteiger charge is 2.21. The number of carboxylic acid groups (broad SMARTS) is 1. The minimum absolute atomic E-state index is 0.0776. The number of nitrogens with two attached hydrogens (primary N) is 1. The number of aliphatic hydroxyl groups is 1. The molecule has 110 valence electrons. The van der Waals surface area contributed by atoms with Crippen molar-refractivity contribution in [2.75, 3.05) is 18.0 Å². The van der Waals surface area contributed by atoms with Crippen LogP contribution in [0.1, 0.15) is 37.3 Å². The first-order valence-corrected chi connectivity index (χ1v) is 7.07. The van der Waals surface area contributed by atoms with E-state index in [1.165, 1.54) is 0 Å². The van der Waals surface area contributed by atoms with Crippen molar-refractivity contribution in [2.24, 2.45) is 5.73 Å². The third-order valence-electron chi connectivity index (χ3n) is 3.81. The molecule has 0 spiro atoms. The van der Waals surface area contributed by atoms with Crippen molar-refractivity contribution >= 4 is 11.7 Å². The van der Waals surface area contributed by atoms with Gasteiger partial charge in [-0.15, -0.1) is 0 Å². The maximum atomic E-state index is 10.7. The SMILES string of the molecule is N[C@H](CCC(=O)O)c1ccccc1N1CCC(O)CC1. The summed E-state index contributed by atoms with van der Waals surface area (Å²) in [4.78, 5) is 12.9. The van der Waals surface area contributed by atoms with E-state index in [1.54, 1.807) is 0 Å². The van der Waals surface area contributed by atoms with E-state index in [0.717, 1.165) is 37.2 Å². The molecule has 1 atom stereocenters. The van der Waals surface area contributed by atoms with Crippen LogP contribution >= 0.6 is 0 Å². The number of aliphatic carboxylic acids is 1. The van der Waals surface area contributed by atoms with Crippen molar-refractivity contribution in [2.45, 2.75) is 37.8 Å². The van der Waals surface area contributed by atoms with Crippen LogP contribution in [0.5, 0.6) is 0 Å². The summed E-state index contributed by atoms with van der Waals surface area (Å²) in [6.45, 7) is 1.62. The number of hydrogen-bond donors (Lipinski definition) is 3. The molecule has 1 aromatic carbocycles. The summed E-state index contributed by atoms with van der Waals surface area (Å²) in [5, 5.41) is 18.3. The van der Waals surface area contributed by atoms with Crippen LogP contribution in [-0.4, -0.2) is 35.4 Å². The van der Waals surface area contributed by atoms with E-state index in [0.29, 0.717) is 6.42 Å². The zero-order valence-electron chi connectivity index (χ0n) is 11.5. The van der Waals surface area contributed by atoms with Crippen molar-refractivity contribution < 1.29 is 15.0 Å². The van der Waals surface area contributed by atoms with Crippen LogP contribution in [0.2, 0.25) is 0 Å². The molecule has 1 aromatic rings. The molecule has 0 saturated carbocycles. The van der Waals surface area contributed by atoms with Crippen molar-refractivity contribution in [3.05, 3.63) is 29.8 Å². The van der Waals surface area contributed by atoms with Gasteiger partial charge in [-0.2, -0.15) is 0 Å². The number of carbonyl (C=O) groups is 1. The monoisotopic (exact) mass is 278 g/mol. The fourth-order valence-corrected chi connectivity index (χ4v) is 2.63. The smallest absolute Gasteiger partial charge is 0.303 e. The van der Waals surface area contributed by atoms with Crippen molar-refractivity contribution in [3.8, 4) is 0 Å². The molecule has 4 N–H and O–H groups in total. The van der Waals surface area contributed by atoms with Gasteiger partial charge in [0.25, 0.3) is 0 Å². The predicted octanol–water partition coefficient (Wildman–Crippen LogP) is 1.51. The highest BCUT2D eigenvalue weighted by atomic mass is 16.4. The van der Waals surface area contributed by atoms with Crippen LogP contribution in [0.25, 0.3) is 0 Å². The van der Waals surface area contributed by atoms with E-state index in [-0.39, 0.29) is 18.6 Å². The van der Waals surface area contributed by atoms with E-state index in [9.17, 15) is 9.90 Å². The third-order valence-corrected chi connectivity index (χ3v) is 3.81. The lowest BCUT2D eigenvalue weighted by Crippen LogP contribution is -2.36. The molecule has 0 unspecified atom stereocenters. The molecule has 0 amide bonds. The van der Waals surface area contributed by atoms with Crippen LogP contribution in [0, 0.1) is 0 Å². The van der Waals surface area contributed by atoms with Gasteiger partial charge >= 0.3 is 5.97 Å². The lowest BCUT2D eigenvalue weighted by atomic mass is 9.98. The Hall–Kier alpha value is -1.59. The van der Waals surface area contributed by atoms with Crippen molar-refractivity contribution in [3.63, 3.8) is 0 Å². The van der Waals surface area contributed by atoms with Gasteiger partial charge in [0.1, 0.15) is 0 Å². The van der Waals surface area contributed by atoms with E-state index in [4.69, 9.17) is 10.8 Å². The minimum atomic E-state index is -0.820. The highest BCUT2D eigenvalue weighted by Crippen LogP contribution is 2.29. The van der Waals surface area contributed by atoms with E-state index < -0.39 is 5.97 Å². The van der Waals surface area contributed by atoms with Gasteiger partial charge in [0.05, 0.1) is 6.10 Å². The first-order chi connectivity index (χ1) is 9.58. The first-order valence-electron chi connectivity index (χ1n) is 7.07. The van der Waals surface area contributed by atoms with Crippen LogP contribution in [0.3, 0.4) is 0 Å². The number of piperidine rings is 1. The number of nitrogens with zero attached hydrogens (tertiary/aromatic N) is 1. The van der Waals surface area contributed by atoms with Gasteiger partial charge in [0, 0.05) is 31.2 Å². The van der Waals surface area contributed by atoms with E-state index >= 15 is 0 Å². The molecule has 1 heterocycles. The van der Waals surface area contributed by atoms with Gasteiger partial charge < -0.3 is 20.8 Å². The molecule has 1 fully saturated rings. The molecule has 0 radical (unpaired) electrons. The number of para-hydroxylation sites is 1. The van der Waals surface area contributed by atoms with Gasteiger partial charge in [0.2, 0.25) is 0 Å².